The third-order valence-corrected chi connectivity index (χ3v) is 5.27. The van der Waals surface area contributed by atoms with Gasteiger partial charge in [-0.15, -0.1) is 0 Å². The molecule has 0 radical (unpaired) electrons. The van der Waals surface area contributed by atoms with E-state index in [1.165, 1.54) is 17.4 Å². The first kappa shape index (κ1) is 17.2. The molecule has 0 spiro atoms. The highest BCUT2D eigenvalue weighted by molar-refractivity contribution is 5.93. The van der Waals surface area contributed by atoms with Gasteiger partial charge < -0.3 is 19.4 Å². The summed E-state index contributed by atoms with van der Waals surface area (Å²) in [6.07, 6.45) is 5.98. The van der Waals surface area contributed by atoms with E-state index >= 15 is 0 Å². The quantitative estimate of drug-likeness (QED) is 0.914. The number of carbonyl (C=O) groups is 1. The number of nitrogens with one attached hydrogen (secondary N) is 1. The van der Waals surface area contributed by atoms with Crippen LogP contribution in [-0.2, 0) is 13.0 Å². The summed E-state index contributed by atoms with van der Waals surface area (Å²) in [5.74, 6) is 1.09. The Morgan fingerprint density at radius 3 is 2.81 bits per heavy atom. The van der Waals surface area contributed by atoms with Crippen LogP contribution in [0.2, 0.25) is 0 Å². The number of nitrogens with zero attached hydrogens (tertiary/aromatic N) is 1. The van der Waals surface area contributed by atoms with Crippen molar-refractivity contribution in [3.05, 3.63) is 53.5 Å². The monoisotopic (exact) mass is 354 g/mol. The van der Waals surface area contributed by atoms with Gasteiger partial charge in [0.05, 0.1) is 11.8 Å². The Kier molecular flexibility index (Phi) is 4.49. The number of ether oxygens (including phenoxy) is 1. The van der Waals surface area contributed by atoms with Gasteiger partial charge in [0.2, 0.25) is 0 Å². The van der Waals surface area contributed by atoms with Crippen molar-refractivity contribution in [1.29, 1.82) is 0 Å². The third-order valence-electron chi connectivity index (χ3n) is 5.27. The summed E-state index contributed by atoms with van der Waals surface area (Å²) in [6.45, 7) is 6.68. The molecule has 0 bridgehead atoms. The maximum atomic E-state index is 12.3. The Labute approximate surface area is 154 Å². The van der Waals surface area contributed by atoms with Gasteiger partial charge in [0, 0.05) is 32.1 Å². The number of furan rings is 1. The topological polar surface area (TPSA) is 54.7 Å². The Hall–Kier alpha value is -2.27. The third kappa shape index (κ3) is 3.63. The lowest BCUT2D eigenvalue weighted by molar-refractivity contribution is 0.0704. The van der Waals surface area contributed by atoms with Gasteiger partial charge in [-0.2, -0.15) is 0 Å². The van der Waals surface area contributed by atoms with Gasteiger partial charge >= 0.3 is 0 Å². The van der Waals surface area contributed by atoms with E-state index in [4.69, 9.17) is 9.15 Å². The first-order chi connectivity index (χ1) is 12.5. The number of piperidine rings is 1. The second kappa shape index (κ2) is 6.80. The summed E-state index contributed by atoms with van der Waals surface area (Å²) >= 11 is 0. The minimum atomic E-state index is -0.0945. The zero-order valence-corrected chi connectivity index (χ0v) is 15.5. The molecule has 4 rings (SSSR count). The fraction of sp³-hybridized carbons (Fsp3) is 0.476. The van der Waals surface area contributed by atoms with Crippen molar-refractivity contribution in [3.8, 4) is 5.75 Å². The number of rotatable bonds is 4. The van der Waals surface area contributed by atoms with Gasteiger partial charge in [0.1, 0.15) is 17.6 Å². The van der Waals surface area contributed by atoms with Crippen molar-refractivity contribution in [1.82, 2.24) is 10.2 Å². The molecule has 1 N–H and O–H groups in total. The van der Waals surface area contributed by atoms with Crippen LogP contribution in [0.25, 0.3) is 0 Å². The van der Waals surface area contributed by atoms with Gasteiger partial charge in [-0.25, -0.2) is 0 Å². The SMILES string of the molecule is CC1(C)Cc2cc(CNC3CCN(C(=O)c4ccoc4)CC3)ccc2O1. The largest absolute Gasteiger partial charge is 0.487 e. The zero-order chi connectivity index (χ0) is 18.1. The smallest absolute Gasteiger partial charge is 0.257 e. The highest BCUT2D eigenvalue weighted by Crippen LogP contribution is 2.35. The molecule has 1 fully saturated rings. The van der Waals surface area contributed by atoms with Crippen LogP contribution in [0, 0.1) is 0 Å². The van der Waals surface area contributed by atoms with Crippen molar-refractivity contribution in [3.63, 3.8) is 0 Å². The number of amides is 1. The van der Waals surface area contributed by atoms with Crippen LogP contribution < -0.4 is 10.1 Å². The molecule has 1 aromatic carbocycles. The van der Waals surface area contributed by atoms with E-state index in [9.17, 15) is 4.79 Å². The molecule has 3 heterocycles. The molecule has 5 nitrogen and oxygen atoms in total. The molecule has 26 heavy (non-hydrogen) atoms. The van der Waals surface area contributed by atoms with E-state index in [2.05, 4.69) is 37.4 Å². The summed E-state index contributed by atoms with van der Waals surface area (Å²) < 4.78 is 11.0. The summed E-state index contributed by atoms with van der Waals surface area (Å²) in [6, 6.07) is 8.67. The molecule has 2 aliphatic heterocycles. The van der Waals surface area contributed by atoms with E-state index in [-0.39, 0.29) is 11.5 Å². The number of fused-ring (bicyclic) bond motifs is 1. The van der Waals surface area contributed by atoms with Crippen molar-refractivity contribution in [2.75, 3.05) is 13.1 Å². The van der Waals surface area contributed by atoms with Gasteiger partial charge in [-0.05, 0) is 49.9 Å². The fourth-order valence-corrected chi connectivity index (χ4v) is 3.89. The van der Waals surface area contributed by atoms with E-state index < -0.39 is 0 Å². The Bertz CT molecular complexity index is 775. The summed E-state index contributed by atoms with van der Waals surface area (Å²) in [5.41, 5.74) is 3.14. The van der Waals surface area contributed by atoms with Crippen LogP contribution in [0.5, 0.6) is 5.75 Å². The molecule has 0 atom stereocenters. The Morgan fingerprint density at radius 2 is 2.08 bits per heavy atom. The molecule has 1 aromatic heterocycles. The second-order valence-electron chi connectivity index (χ2n) is 7.94. The minimum absolute atomic E-state index is 0.0680. The summed E-state index contributed by atoms with van der Waals surface area (Å²) in [4.78, 5) is 14.3. The predicted octanol–water partition coefficient (Wildman–Crippen LogP) is 3.39. The molecular weight excluding hydrogens is 328 g/mol. The lowest BCUT2D eigenvalue weighted by atomic mass is 9.99. The maximum absolute atomic E-state index is 12.3. The first-order valence-corrected chi connectivity index (χ1v) is 9.36. The minimum Gasteiger partial charge on any atom is -0.487 e. The van der Waals surface area contributed by atoms with E-state index in [0.717, 1.165) is 44.6 Å². The molecule has 1 saturated heterocycles. The van der Waals surface area contributed by atoms with E-state index in [1.807, 2.05) is 4.90 Å². The number of hydrogen-bond acceptors (Lipinski definition) is 4. The lowest BCUT2D eigenvalue weighted by Crippen LogP contribution is -2.44. The summed E-state index contributed by atoms with van der Waals surface area (Å²) in [7, 11) is 0. The lowest BCUT2D eigenvalue weighted by Gasteiger charge is -2.32. The average Bonchev–Trinajstić information content (AvgIpc) is 3.25. The molecular formula is C21H26N2O3. The number of likely N-dealkylation sites (tertiary alicyclic amines) is 1. The van der Waals surface area contributed by atoms with Crippen LogP contribution in [0.1, 0.15) is 48.2 Å². The van der Waals surface area contributed by atoms with Gasteiger partial charge in [0.25, 0.3) is 5.91 Å². The number of carbonyl (C=O) groups excluding carboxylic acids is 1. The molecule has 0 aliphatic carbocycles. The van der Waals surface area contributed by atoms with E-state index in [1.54, 1.807) is 12.3 Å². The predicted molar refractivity (Wildman–Crippen MR) is 99.3 cm³/mol. The van der Waals surface area contributed by atoms with Crippen molar-refractivity contribution < 1.29 is 13.9 Å². The van der Waals surface area contributed by atoms with Gasteiger partial charge in [-0.1, -0.05) is 12.1 Å². The molecule has 138 valence electrons. The van der Waals surface area contributed by atoms with Crippen LogP contribution in [0.3, 0.4) is 0 Å². The first-order valence-electron chi connectivity index (χ1n) is 9.36. The van der Waals surface area contributed by atoms with Crippen LogP contribution in [-0.4, -0.2) is 35.5 Å². The zero-order valence-electron chi connectivity index (χ0n) is 15.5. The standard InChI is InChI=1S/C21H26N2O3/c1-21(2)12-17-11-15(3-4-19(17)26-21)13-22-18-5-8-23(9-6-18)20(24)16-7-10-25-14-16/h3-4,7,10-11,14,18,22H,5-6,8-9,12-13H2,1-2H3. The van der Waals surface area contributed by atoms with Gasteiger partial charge in [-0.3, -0.25) is 4.79 Å². The van der Waals surface area contributed by atoms with E-state index in [0.29, 0.717) is 11.6 Å². The van der Waals surface area contributed by atoms with Crippen molar-refractivity contribution >= 4 is 5.91 Å². The molecule has 1 amide bonds. The highest BCUT2D eigenvalue weighted by atomic mass is 16.5. The maximum Gasteiger partial charge on any atom is 0.257 e. The Balaban J connectivity index is 1.27. The van der Waals surface area contributed by atoms with Crippen LogP contribution >= 0.6 is 0 Å². The number of hydrogen-bond donors (Lipinski definition) is 1. The molecule has 2 aliphatic rings. The molecule has 2 aromatic rings. The molecule has 0 saturated carbocycles. The summed E-state index contributed by atoms with van der Waals surface area (Å²) in [5, 5.41) is 3.65. The van der Waals surface area contributed by atoms with Crippen LogP contribution in [0.4, 0.5) is 0 Å². The highest BCUT2D eigenvalue weighted by Gasteiger charge is 2.30. The average molecular weight is 354 g/mol. The Morgan fingerprint density at radius 1 is 1.27 bits per heavy atom. The van der Waals surface area contributed by atoms with Crippen molar-refractivity contribution in [2.24, 2.45) is 0 Å². The molecule has 5 heteroatoms. The van der Waals surface area contributed by atoms with Crippen molar-refractivity contribution in [2.45, 2.75) is 51.3 Å². The second-order valence-corrected chi connectivity index (χ2v) is 7.94. The van der Waals surface area contributed by atoms with Gasteiger partial charge in [0.15, 0.2) is 0 Å². The molecule has 0 unspecified atom stereocenters. The van der Waals surface area contributed by atoms with Crippen LogP contribution in [0.15, 0.2) is 41.2 Å². The fourth-order valence-electron chi connectivity index (χ4n) is 3.89. The number of benzene rings is 1. The normalized spacial score (nSPS) is 19.2.